The van der Waals surface area contributed by atoms with Crippen LogP contribution in [0.1, 0.15) is 33.1 Å². The van der Waals surface area contributed by atoms with Crippen LogP contribution in [-0.2, 0) is 4.43 Å². The predicted molar refractivity (Wildman–Crippen MR) is 58.0 cm³/mol. The lowest BCUT2D eigenvalue weighted by atomic mass is 10.1. The van der Waals surface area contributed by atoms with Crippen molar-refractivity contribution in [1.82, 2.24) is 0 Å². The molecule has 0 bridgehead atoms. The molecule has 2 heteroatoms. The lowest BCUT2D eigenvalue weighted by molar-refractivity contribution is 0.295. The van der Waals surface area contributed by atoms with Crippen LogP contribution in [0, 0.1) is 5.92 Å². The molecule has 0 radical (unpaired) electrons. The fourth-order valence-corrected chi connectivity index (χ4v) is 1.79. The Morgan fingerprint density at radius 2 is 1.67 bits per heavy atom. The summed E-state index contributed by atoms with van der Waals surface area (Å²) in [6.45, 7) is 12.3. The van der Waals surface area contributed by atoms with Crippen molar-refractivity contribution < 1.29 is 4.43 Å². The molecule has 0 spiro atoms. The Morgan fingerprint density at radius 3 is 2.08 bits per heavy atom. The van der Waals surface area contributed by atoms with Crippen molar-refractivity contribution in [3.63, 3.8) is 0 Å². The van der Waals surface area contributed by atoms with Crippen LogP contribution in [-0.4, -0.2) is 14.9 Å². The summed E-state index contributed by atoms with van der Waals surface area (Å²) in [5.41, 5.74) is 0. The van der Waals surface area contributed by atoms with Crippen LogP contribution in [0.3, 0.4) is 0 Å². The quantitative estimate of drug-likeness (QED) is 0.456. The van der Waals surface area contributed by atoms with Gasteiger partial charge in [0.25, 0.3) is 0 Å². The molecule has 0 heterocycles. The van der Waals surface area contributed by atoms with Gasteiger partial charge in [-0.05, 0) is 32.0 Å². The molecule has 0 aromatic carbocycles. The molecule has 1 nitrogen and oxygen atoms in total. The van der Waals surface area contributed by atoms with Crippen molar-refractivity contribution in [3.05, 3.63) is 0 Å². The van der Waals surface area contributed by atoms with Crippen molar-refractivity contribution >= 4 is 8.32 Å². The lowest BCUT2D eigenvalue weighted by Gasteiger charge is -2.16. The normalized spacial score (nSPS) is 12.5. The average Bonchev–Trinajstić information content (AvgIpc) is 1.83. The molecule has 74 valence electrons. The fraction of sp³-hybridized carbons (Fsp3) is 1.00. The van der Waals surface area contributed by atoms with E-state index >= 15 is 0 Å². The number of rotatable bonds is 6. The van der Waals surface area contributed by atoms with Gasteiger partial charge in [0.05, 0.1) is 0 Å². The van der Waals surface area contributed by atoms with E-state index in [1.54, 1.807) is 0 Å². The summed E-state index contributed by atoms with van der Waals surface area (Å²) in [6.07, 6.45) is 3.90. The highest BCUT2D eigenvalue weighted by molar-refractivity contribution is 6.69. The molecular weight excluding hydrogens is 164 g/mol. The maximum absolute atomic E-state index is 5.75. The van der Waals surface area contributed by atoms with Crippen LogP contribution in [0.2, 0.25) is 19.6 Å². The topological polar surface area (TPSA) is 9.23 Å². The molecule has 0 atom stereocenters. The predicted octanol–water partition coefficient (Wildman–Crippen LogP) is 3.66. The van der Waals surface area contributed by atoms with E-state index in [0.717, 1.165) is 12.5 Å². The summed E-state index contributed by atoms with van der Waals surface area (Å²) in [5, 5.41) is 0. The third kappa shape index (κ3) is 10.2. The Hall–Kier alpha value is 0.177. The molecule has 0 fully saturated rings. The molecule has 0 saturated carbocycles. The van der Waals surface area contributed by atoms with E-state index in [-0.39, 0.29) is 0 Å². The molecule has 0 saturated heterocycles. The molecule has 0 aromatic heterocycles. The van der Waals surface area contributed by atoms with Gasteiger partial charge in [-0.1, -0.05) is 26.7 Å². The Bertz CT molecular complexity index is 105. The van der Waals surface area contributed by atoms with Crippen LogP contribution < -0.4 is 0 Å². The molecule has 0 aliphatic carbocycles. The highest BCUT2D eigenvalue weighted by Crippen LogP contribution is 2.08. The van der Waals surface area contributed by atoms with Gasteiger partial charge in [0.1, 0.15) is 0 Å². The van der Waals surface area contributed by atoms with Crippen molar-refractivity contribution in [2.45, 2.75) is 52.8 Å². The van der Waals surface area contributed by atoms with E-state index in [2.05, 4.69) is 33.5 Å². The average molecular weight is 188 g/mol. The Balaban J connectivity index is 3.12. The number of hydrogen-bond acceptors (Lipinski definition) is 1. The van der Waals surface area contributed by atoms with Crippen molar-refractivity contribution in [1.29, 1.82) is 0 Å². The van der Waals surface area contributed by atoms with E-state index in [1.807, 2.05) is 0 Å². The monoisotopic (exact) mass is 188 g/mol. The van der Waals surface area contributed by atoms with Crippen molar-refractivity contribution in [2.24, 2.45) is 5.92 Å². The lowest BCUT2D eigenvalue weighted by Crippen LogP contribution is -2.25. The minimum Gasteiger partial charge on any atom is -0.418 e. The van der Waals surface area contributed by atoms with E-state index in [0.29, 0.717) is 0 Å². The third-order valence-corrected chi connectivity index (χ3v) is 2.78. The minimum absolute atomic E-state index is 0.844. The molecule has 0 amide bonds. The summed E-state index contributed by atoms with van der Waals surface area (Å²) in [6, 6.07) is 0. The van der Waals surface area contributed by atoms with Gasteiger partial charge in [0.15, 0.2) is 8.32 Å². The summed E-state index contributed by atoms with van der Waals surface area (Å²) >= 11 is 0. The molecule has 0 aromatic rings. The van der Waals surface area contributed by atoms with Crippen molar-refractivity contribution in [2.75, 3.05) is 6.61 Å². The number of unbranched alkanes of at least 4 members (excludes halogenated alkanes) is 1. The van der Waals surface area contributed by atoms with E-state index < -0.39 is 8.32 Å². The van der Waals surface area contributed by atoms with Gasteiger partial charge in [0.2, 0.25) is 0 Å². The smallest absolute Gasteiger partial charge is 0.183 e. The first-order valence-electron chi connectivity index (χ1n) is 5.06. The van der Waals surface area contributed by atoms with Gasteiger partial charge in [-0.25, -0.2) is 0 Å². The highest BCUT2D eigenvalue weighted by Gasteiger charge is 2.12. The Kier molecular flexibility index (Phi) is 5.84. The van der Waals surface area contributed by atoms with Gasteiger partial charge in [-0.3, -0.25) is 0 Å². The Morgan fingerprint density at radius 1 is 1.08 bits per heavy atom. The van der Waals surface area contributed by atoms with Crippen LogP contribution in [0.4, 0.5) is 0 Å². The van der Waals surface area contributed by atoms with Crippen LogP contribution in [0.25, 0.3) is 0 Å². The highest BCUT2D eigenvalue weighted by atomic mass is 28.4. The van der Waals surface area contributed by atoms with E-state index in [9.17, 15) is 0 Å². The fourth-order valence-electron chi connectivity index (χ4n) is 1.03. The zero-order chi connectivity index (χ0) is 9.61. The second kappa shape index (κ2) is 5.76. The van der Waals surface area contributed by atoms with Gasteiger partial charge >= 0.3 is 0 Å². The molecule has 0 N–H and O–H groups in total. The minimum atomic E-state index is -1.23. The summed E-state index contributed by atoms with van der Waals surface area (Å²) < 4.78 is 5.75. The van der Waals surface area contributed by atoms with Crippen molar-refractivity contribution in [3.8, 4) is 0 Å². The maximum atomic E-state index is 5.75. The molecule has 0 rings (SSSR count). The molecule has 12 heavy (non-hydrogen) atoms. The van der Waals surface area contributed by atoms with Crippen LogP contribution in [0.5, 0.6) is 0 Å². The first-order valence-corrected chi connectivity index (χ1v) is 8.46. The van der Waals surface area contributed by atoms with Gasteiger partial charge in [-0.2, -0.15) is 0 Å². The van der Waals surface area contributed by atoms with E-state index in [1.165, 1.54) is 19.3 Å². The zero-order valence-electron chi connectivity index (χ0n) is 9.31. The van der Waals surface area contributed by atoms with Crippen LogP contribution in [0.15, 0.2) is 0 Å². The third-order valence-electron chi connectivity index (χ3n) is 1.71. The van der Waals surface area contributed by atoms with E-state index in [4.69, 9.17) is 4.43 Å². The largest absolute Gasteiger partial charge is 0.418 e. The molecule has 0 aliphatic heterocycles. The van der Waals surface area contributed by atoms with Gasteiger partial charge < -0.3 is 4.43 Å². The second-order valence-electron chi connectivity index (χ2n) is 4.85. The molecule has 0 aliphatic rings. The molecule has 0 unspecified atom stereocenters. The maximum Gasteiger partial charge on any atom is 0.183 e. The Labute approximate surface area is 78.6 Å². The number of hydrogen-bond donors (Lipinski definition) is 0. The summed E-state index contributed by atoms with van der Waals surface area (Å²) in [4.78, 5) is 0. The SMILES string of the molecule is CC(C)CCCCO[Si](C)(C)C. The first kappa shape index (κ1) is 12.2. The standard InChI is InChI=1S/C10H24OSi/c1-10(2)8-6-7-9-11-12(3,4)5/h10H,6-9H2,1-5H3. The first-order chi connectivity index (χ1) is 5.42. The van der Waals surface area contributed by atoms with Gasteiger partial charge in [-0.15, -0.1) is 0 Å². The second-order valence-corrected chi connectivity index (χ2v) is 9.36. The molecular formula is C10H24OSi. The van der Waals surface area contributed by atoms with Crippen LogP contribution >= 0.6 is 0 Å². The van der Waals surface area contributed by atoms with Gasteiger partial charge in [0, 0.05) is 6.61 Å². The summed E-state index contributed by atoms with van der Waals surface area (Å²) in [5.74, 6) is 0.844. The zero-order valence-corrected chi connectivity index (χ0v) is 10.3. The summed E-state index contributed by atoms with van der Waals surface area (Å²) in [7, 11) is -1.23.